The third-order valence-corrected chi connectivity index (χ3v) is 3.16. The number of nitrogens with one attached hydrogen (secondary N) is 1. The molecule has 1 aromatic carbocycles. The third-order valence-electron chi connectivity index (χ3n) is 3.16. The fourth-order valence-corrected chi connectivity index (χ4v) is 2.06. The van der Waals surface area contributed by atoms with Crippen molar-refractivity contribution >= 4 is 5.78 Å². The molecule has 2 rings (SSSR count). The molecule has 0 spiro atoms. The lowest BCUT2D eigenvalue weighted by atomic mass is 9.98. The molecular weight excluding hydrogens is 214 g/mol. The van der Waals surface area contributed by atoms with Gasteiger partial charge in [0.05, 0.1) is 6.61 Å². The molecule has 1 heterocycles. The van der Waals surface area contributed by atoms with Crippen molar-refractivity contribution in [3.05, 3.63) is 34.9 Å². The van der Waals surface area contributed by atoms with E-state index in [2.05, 4.69) is 23.5 Å². The Labute approximate surface area is 102 Å². The highest BCUT2D eigenvalue weighted by Crippen LogP contribution is 2.13. The minimum atomic E-state index is -0.274. The summed E-state index contributed by atoms with van der Waals surface area (Å²) in [6, 6.07) is 6.23. The van der Waals surface area contributed by atoms with Gasteiger partial charge >= 0.3 is 0 Å². The fraction of sp³-hybridized carbons (Fsp3) is 0.500. The zero-order chi connectivity index (χ0) is 12.3. The second-order valence-corrected chi connectivity index (χ2v) is 4.64. The predicted molar refractivity (Wildman–Crippen MR) is 67.2 cm³/mol. The molecule has 1 fully saturated rings. The molecule has 92 valence electrons. The van der Waals surface area contributed by atoms with Gasteiger partial charge in [-0.05, 0) is 25.0 Å². The Hall–Kier alpha value is -1.19. The van der Waals surface area contributed by atoms with Crippen molar-refractivity contribution in [1.82, 2.24) is 5.32 Å². The van der Waals surface area contributed by atoms with Gasteiger partial charge in [0.2, 0.25) is 0 Å². The topological polar surface area (TPSA) is 38.3 Å². The second kappa shape index (κ2) is 5.43. The molecule has 1 unspecified atom stereocenters. The molecule has 0 saturated carbocycles. The van der Waals surface area contributed by atoms with E-state index in [0.717, 1.165) is 12.1 Å². The number of ether oxygens (including phenoxy) is 1. The summed E-state index contributed by atoms with van der Waals surface area (Å²) in [4.78, 5) is 12.1. The number of rotatable bonds is 3. The SMILES string of the molecule is Cc1ccc(C)c(CC(=O)C2CNCCO2)c1. The fourth-order valence-electron chi connectivity index (χ4n) is 2.06. The van der Waals surface area contributed by atoms with E-state index in [0.29, 0.717) is 19.6 Å². The molecule has 0 aliphatic carbocycles. The maximum Gasteiger partial charge on any atom is 0.167 e. The molecule has 0 radical (unpaired) electrons. The van der Waals surface area contributed by atoms with Crippen LogP contribution in [0.5, 0.6) is 0 Å². The molecule has 3 heteroatoms. The van der Waals surface area contributed by atoms with Gasteiger partial charge in [-0.1, -0.05) is 23.8 Å². The van der Waals surface area contributed by atoms with Gasteiger partial charge in [0.25, 0.3) is 0 Å². The smallest absolute Gasteiger partial charge is 0.167 e. The van der Waals surface area contributed by atoms with E-state index in [-0.39, 0.29) is 11.9 Å². The molecule has 0 aromatic heterocycles. The molecule has 1 saturated heterocycles. The van der Waals surface area contributed by atoms with Crippen LogP contribution in [0.1, 0.15) is 16.7 Å². The predicted octanol–water partition coefficient (Wildman–Crippen LogP) is 1.40. The molecule has 1 aliphatic rings. The van der Waals surface area contributed by atoms with Crippen molar-refractivity contribution in [3.8, 4) is 0 Å². The number of Topliss-reactive ketones (excluding diaryl/α,β-unsaturated/α-hetero) is 1. The van der Waals surface area contributed by atoms with Crippen LogP contribution >= 0.6 is 0 Å². The van der Waals surface area contributed by atoms with Crippen LogP contribution in [-0.2, 0) is 16.0 Å². The van der Waals surface area contributed by atoms with Crippen molar-refractivity contribution in [2.45, 2.75) is 26.4 Å². The highest BCUT2D eigenvalue weighted by Gasteiger charge is 2.22. The number of aryl methyl sites for hydroxylation is 2. The summed E-state index contributed by atoms with van der Waals surface area (Å²) in [5, 5.41) is 3.18. The van der Waals surface area contributed by atoms with Crippen LogP contribution in [0, 0.1) is 13.8 Å². The number of hydrogen-bond donors (Lipinski definition) is 1. The Morgan fingerprint density at radius 2 is 2.29 bits per heavy atom. The number of morpholine rings is 1. The minimum Gasteiger partial charge on any atom is -0.368 e. The summed E-state index contributed by atoms with van der Waals surface area (Å²) in [6.45, 7) is 6.20. The molecule has 1 N–H and O–H groups in total. The standard InChI is InChI=1S/C14H19NO2/c1-10-3-4-11(2)12(7-10)8-13(16)14-9-15-5-6-17-14/h3-4,7,14-15H,5-6,8-9H2,1-2H3. The van der Waals surface area contributed by atoms with Crippen LogP contribution in [-0.4, -0.2) is 31.6 Å². The van der Waals surface area contributed by atoms with E-state index in [9.17, 15) is 4.79 Å². The van der Waals surface area contributed by atoms with Crippen molar-refractivity contribution < 1.29 is 9.53 Å². The maximum absolute atomic E-state index is 12.1. The molecule has 1 atom stereocenters. The van der Waals surface area contributed by atoms with Crippen LogP contribution in [0.2, 0.25) is 0 Å². The highest BCUT2D eigenvalue weighted by molar-refractivity contribution is 5.85. The molecule has 0 amide bonds. The number of benzene rings is 1. The van der Waals surface area contributed by atoms with E-state index >= 15 is 0 Å². The van der Waals surface area contributed by atoms with Gasteiger partial charge in [-0.2, -0.15) is 0 Å². The van der Waals surface area contributed by atoms with E-state index in [1.54, 1.807) is 0 Å². The van der Waals surface area contributed by atoms with Gasteiger partial charge in [-0.25, -0.2) is 0 Å². The van der Waals surface area contributed by atoms with Crippen LogP contribution in [0.4, 0.5) is 0 Å². The lowest BCUT2D eigenvalue weighted by Crippen LogP contribution is -2.43. The van der Waals surface area contributed by atoms with Gasteiger partial charge < -0.3 is 10.1 Å². The molecule has 1 aliphatic heterocycles. The molecule has 0 bridgehead atoms. The summed E-state index contributed by atoms with van der Waals surface area (Å²) >= 11 is 0. The van der Waals surface area contributed by atoms with Crippen LogP contribution < -0.4 is 5.32 Å². The van der Waals surface area contributed by atoms with Crippen molar-refractivity contribution in [3.63, 3.8) is 0 Å². The Balaban J connectivity index is 2.04. The Bertz CT molecular complexity index is 409. The van der Waals surface area contributed by atoms with Crippen molar-refractivity contribution in [2.75, 3.05) is 19.7 Å². The Morgan fingerprint density at radius 3 is 3.00 bits per heavy atom. The largest absolute Gasteiger partial charge is 0.368 e. The van der Waals surface area contributed by atoms with Gasteiger partial charge in [-0.15, -0.1) is 0 Å². The first-order valence-corrected chi connectivity index (χ1v) is 6.08. The zero-order valence-corrected chi connectivity index (χ0v) is 10.5. The van der Waals surface area contributed by atoms with E-state index in [1.165, 1.54) is 11.1 Å². The van der Waals surface area contributed by atoms with Crippen molar-refractivity contribution in [1.29, 1.82) is 0 Å². The molecular formula is C14H19NO2. The third kappa shape index (κ3) is 3.14. The summed E-state index contributed by atoms with van der Waals surface area (Å²) < 4.78 is 5.47. The van der Waals surface area contributed by atoms with Crippen LogP contribution in [0.15, 0.2) is 18.2 Å². The second-order valence-electron chi connectivity index (χ2n) is 4.64. The van der Waals surface area contributed by atoms with Gasteiger partial charge in [0, 0.05) is 19.5 Å². The van der Waals surface area contributed by atoms with Gasteiger partial charge in [0.1, 0.15) is 6.10 Å². The van der Waals surface area contributed by atoms with Gasteiger partial charge in [-0.3, -0.25) is 4.79 Å². The molecule has 17 heavy (non-hydrogen) atoms. The van der Waals surface area contributed by atoms with Gasteiger partial charge in [0.15, 0.2) is 5.78 Å². The number of ketones is 1. The number of carbonyl (C=O) groups is 1. The first-order chi connectivity index (χ1) is 8.16. The summed E-state index contributed by atoms with van der Waals surface area (Å²) in [5.74, 6) is 0.172. The Kier molecular flexibility index (Phi) is 3.92. The van der Waals surface area contributed by atoms with E-state index in [1.807, 2.05) is 13.8 Å². The average molecular weight is 233 g/mol. The summed E-state index contributed by atoms with van der Waals surface area (Å²) in [7, 11) is 0. The van der Waals surface area contributed by atoms with E-state index < -0.39 is 0 Å². The lowest BCUT2D eigenvalue weighted by molar-refractivity contribution is -0.131. The lowest BCUT2D eigenvalue weighted by Gasteiger charge is -2.22. The highest BCUT2D eigenvalue weighted by atomic mass is 16.5. The molecule has 3 nitrogen and oxygen atoms in total. The first-order valence-electron chi connectivity index (χ1n) is 6.08. The number of carbonyl (C=O) groups excluding carboxylic acids is 1. The minimum absolute atomic E-state index is 0.172. The van der Waals surface area contributed by atoms with E-state index in [4.69, 9.17) is 4.74 Å². The summed E-state index contributed by atoms with van der Waals surface area (Å²) in [6.07, 6.45) is 0.198. The monoisotopic (exact) mass is 233 g/mol. The normalized spacial score (nSPS) is 20.2. The first kappa shape index (κ1) is 12.3. The zero-order valence-electron chi connectivity index (χ0n) is 10.5. The van der Waals surface area contributed by atoms with Crippen LogP contribution in [0.25, 0.3) is 0 Å². The molecule has 1 aromatic rings. The van der Waals surface area contributed by atoms with Crippen molar-refractivity contribution in [2.24, 2.45) is 0 Å². The van der Waals surface area contributed by atoms with Crippen LogP contribution in [0.3, 0.4) is 0 Å². The quantitative estimate of drug-likeness (QED) is 0.857. The number of hydrogen-bond acceptors (Lipinski definition) is 3. The maximum atomic E-state index is 12.1. The Morgan fingerprint density at radius 1 is 1.47 bits per heavy atom. The summed E-state index contributed by atoms with van der Waals surface area (Å²) in [5.41, 5.74) is 3.48. The average Bonchev–Trinajstić information content (AvgIpc) is 2.35.